The van der Waals surface area contributed by atoms with Crippen LogP contribution < -0.4 is 29.4 Å². The maximum atomic E-state index is 13.7. The van der Waals surface area contributed by atoms with E-state index in [1.807, 2.05) is 49.3 Å². The zero-order chi connectivity index (χ0) is 74.9. The molecule has 12 atom stereocenters. The average molecular weight is 1430 g/mol. The van der Waals surface area contributed by atoms with Gasteiger partial charge in [0.2, 0.25) is 0 Å². The molecule has 19 rings (SSSR count). The first-order valence-electron chi connectivity index (χ1n) is 40.4. The number of pyridine rings is 5. The number of nitrogens with zero attached hydrogens (tertiary/aromatic N) is 11. The Morgan fingerprint density at radius 1 is 0.295 bits per heavy atom. The molecule has 0 amide bonds. The van der Waals surface area contributed by atoms with Gasteiger partial charge >= 0.3 is 0 Å². The molecule has 12 unspecified atom stereocenters. The molecule has 0 radical (unpaired) electrons. The number of aromatic nitrogens is 5. The molecular formula is C92H127F2N11. The average Bonchev–Trinajstić information content (AvgIpc) is 1.61. The number of aryl methyl sites for hydroxylation is 3. The van der Waals surface area contributed by atoms with Crippen molar-refractivity contribution in [1.82, 2.24) is 24.9 Å². The molecule has 11 nitrogen and oxygen atoms in total. The summed E-state index contributed by atoms with van der Waals surface area (Å²) >= 11 is 0. The number of hydrogen-bond donors (Lipinski definition) is 0. The van der Waals surface area contributed by atoms with Crippen LogP contribution in [0.3, 0.4) is 0 Å². The zero-order valence-corrected chi connectivity index (χ0v) is 67.8. The topological polar surface area (TPSA) is 83.9 Å². The van der Waals surface area contributed by atoms with E-state index >= 15 is 0 Å². The van der Waals surface area contributed by atoms with Crippen molar-refractivity contribution in [2.24, 2.45) is 139 Å². The van der Waals surface area contributed by atoms with E-state index in [1.54, 1.807) is 24.4 Å². The summed E-state index contributed by atoms with van der Waals surface area (Å²) in [5, 5.41) is 2.53. The Morgan fingerprint density at radius 3 is 1.01 bits per heavy atom. The van der Waals surface area contributed by atoms with Gasteiger partial charge in [-0.15, -0.1) is 0 Å². The van der Waals surface area contributed by atoms with E-state index in [0.717, 1.165) is 150 Å². The van der Waals surface area contributed by atoms with Crippen LogP contribution in [0, 0.1) is 171 Å². The van der Waals surface area contributed by atoms with Crippen molar-refractivity contribution in [3.8, 4) is 0 Å². The number of fused-ring (bicyclic) bond motifs is 7. The Labute approximate surface area is 630 Å². The van der Waals surface area contributed by atoms with Crippen LogP contribution in [-0.4, -0.2) is 103 Å². The van der Waals surface area contributed by atoms with Gasteiger partial charge in [-0.3, -0.25) is 9.97 Å². The van der Waals surface area contributed by atoms with Crippen LogP contribution >= 0.6 is 0 Å². The van der Waals surface area contributed by atoms with E-state index in [1.165, 1.54) is 97.3 Å². The van der Waals surface area contributed by atoms with Crippen LogP contribution in [-0.2, 0) is 0 Å². The van der Waals surface area contributed by atoms with E-state index in [4.69, 9.17) is 0 Å². The maximum Gasteiger partial charge on any atom is 0.165 e. The Hall–Kier alpha value is -6.89. The second-order valence-corrected chi connectivity index (χ2v) is 41.0. The van der Waals surface area contributed by atoms with Crippen molar-refractivity contribution < 1.29 is 8.78 Å². The van der Waals surface area contributed by atoms with Gasteiger partial charge in [0.05, 0.1) is 29.5 Å². The van der Waals surface area contributed by atoms with Gasteiger partial charge < -0.3 is 29.4 Å². The molecule has 11 heterocycles. The summed E-state index contributed by atoms with van der Waals surface area (Å²) in [5.74, 6) is 18.3. The molecule has 0 spiro atoms. The zero-order valence-electron chi connectivity index (χ0n) is 67.8. The molecule has 6 aliphatic carbocycles. The van der Waals surface area contributed by atoms with Crippen molar-refractivity contribution in [2.45, 2.75) is 145 Å². The van der Waals surface area contributed by atoms with Gasteiger partial charge in [-0.1, -0.05) is 167 Å². The fourth-order valence-electron chi connectivity index (χ4n) is 22.7. The van der Waals surface area contributed by atoms with Gasteiger partial charge in [-0.2, -0.15) is 0 Å². The van der Waals surface area contributed by atoms with E-state index in [-0.39, 0.29) is 11.6 Å². The van der Waals surface area contributed by atoms with Gasteiger partial charge in [0.25, 0.3) is 0 Å². The van der Waals surface area contributed by atoms with Crippen LogP contribution in [0.2, 0.25) is 0 Å². The molecule has 6 aliphatic heterocycles. The van der Waals surface area contributed by atoms with Crippen molar-refractivity contribution in [1.29, 1.82) is 0 Å². The lowest BCUT2D eigenvalue weighted by molar-refractivity contribution is 0.308. The molecule has 0 N–H and O–H groups in total. The summed E-state index contributed by atoms with van der Waals surface area (Å²) in [6.07, 6.45) is 13.5. The molecule has 564 valence electrons. The van der Waals surface area contributed by atoms with Crippen molar-refractivity contribution in [3.63, 3.8) is 0 Å². The minimum absolute atomic E-state index is 0.0823. The van der Waals surface area contributed by atoms with E-state index in [0.29, 0.717) is 38.3 Å². The molecule has 6 saturated heterocycles. The SMILES string of the molecule is CC(C)(C)C1C2CN(c3cc4ccccc4cn3)CC21.CC(C)(C)C1C2CN(c3ccccc3F)CC21.CC(C)(C)C1C2CN(c3ncccc3F)CC21.Cc1ccc(N2CC3C(C2)C3C(C)(C)C)nc1.Cc1cncc(N2CC3C(C2)C3C(C)(C)C)c1.Cc1cncc(N2CC3C(C2)C3C(C)(C)C)c1. The maximum absolute atomic E-state index is 13.7. The molecule has 5 aromatic heterocycles. The minimum Gasteiger partial charge on any atom is -0.370 e. The van der Waals surface area contributed by atoms with Crippen molar-refractivity contribution in [2.75, 3.05) is 108 Å². The lowest BCUT2D eigenvalue weighted by atomic mass is 9.87. The first-order valence-corrected chi connectivity index (χ1v) is 40.4. The summed E-state index contributed by atoms with van der Waals surface area (Å²) in [6.45, 7) is 62.6. The van der Waals surface area contributed by atoms with E-state index in [2.05, 4.69) is 254 Å². The summed E-state index contributed by atoms with van der Waals surface area (Å²) in [7, 11) is 0. The Bertz CT molecular complexity index is 3950. The van der Waals surface area contributed by atoms with Gasteiger partial charge in [-0.25, -0.2) is 23.7 Å². The third-order valence-electron chi connectivity index (χ3n) is 27.0. The van der Waals surface area contributed by atoms with Crippen LogP contribution in [0.25, 0.3) is 10.8 Å². The van der Waals surface area contributed by atoms with Crippen LogP contribution in [0.5, 0.6) is 0 Å². The first-order chi connectivity index (χ1) is 49.4. The summed E-state index contributed by atoms with van der Waals surface area (Å²) in [5.41, 5.74) is 9.92. The third kappa shape index (κ3) is 16.2. The van der Waals surface area contributed by atoms with Crippen LogP contribution in [0.15, 0.2) is 134 Å². The van der Waals surface area contributed by atoms with Crippen LogP contribution in [0.4, 0.5) is 43.3 Å². The smallest absolute Gasteiger partial charge is 0.165 e. The predicted molar refractivity (Wildman–Crippen MR) is 432 cm³/mol. The van der Waals surface area contributed by atoms with Gasteiger partial charge in [0.1, 0.15) is 17.5 Å². The fraction of sp³-hybridized carbons (Fsp3) is 0.620. The highest BCUT2D eigenvalue weighted by molar-refractivity contribution is 5.84. The quantitative estimate of drug-likeness (QED) is 0.160. The monoisotopic (exact) mass is 1420 g/mol. The number of piperidine rings is 6. The van der Waals surface area contributed by atoms with Gasteiger partial charge in [-0.05, 0) is 230 Å². The summed E-state index contributed by atoms with van der Waals surface area (Å²) < 4.78 is 27.3. The molecule has 7 aromatic rings. The highest BCUT2D eigenvalue weighted by Crippen LogP contribution is 2.65. The molecule has 12 aliphatic rings. The number of hydrogen-bond acceptors (Lipinski definition) is 11. The predicted octanol–water partition coefficient (Wildman–Crippen LogP) is 19.8. The molecule has 12 fully saturated rings. The Morgan fingerprint density at radius 2 is 0.638 bits per heavy atom. The first kappa shape index (κ1) is 74.9. The number of benzene rings is 2. The lowest BCUT2D eigenvalue weighted by Crippen LogP contribution is -2.28. The number of rotatable bonds is 6. The molecule has 0 bridgehead atoms. The molecule has 105 heavy (non-hydrogen) atoms. The third-order valence-corrected chi connectivity index (χ3v) is 27.0. The Kier molecular flexibility index (Phi) is 20.0. The van der Waals surface area contributed by atoms with Crippen molar-refractivity contribution in [3.05, 3.63) is 163 Å². The van der Waals surface area contributed by atoms with E-state index < -0.39 is 0 Å². The summed E-state index contributed by atoms with van der Waals surface area (Å²) in [6, 6.07) is 29.8. The number of halogens is 2. The highest BCUT2D eigenvalue weighted by atomic mass is 19.1. The summed E-state index contributed by atoms with van der Waals surface area (Å²) in [4.78, 5) is 36.2. The van der Waals surface area contributed by atoms with E-state index in [9.17, 15) is 8.78 Å². The highest BCUT2D eigenvalue weighted by Gasteiger charge is 2.64. The largest absolute Gasteiger partial charge is 0.370 e. The van der Waals surface area contributed by atoms with Gasteiger partial charge in [0, 0.05) is 115 Å². The standard InChI is InChI=1S/C18H22N2.C15H20FN.3C15H22N2.C14H19FN2/c1-18(2,3)17-14-10-20(11-15(14)17)16-8-12-6-4-5-7-13(12)9-19-16;1-15(2,3)14-10-8-17(9-11(10)14)13-7-5-4-6-12(13)16;2*1-10-5-11(7-16-6-10)17-8-12-13(9-17)14(12)15(2,3)4;1-10-5-6-13(16-7-10)17-8-11-12(9-17)14(11)15(2,3)4;1-14(2,3)12-9-7-17(8-10(9)12)13-11(15)5-4-6-16-13/h4-9,14-15,17H,10-11H2,1-3H3;4-7,10-11,14H,8-9H2,1-3H3;2*5-7,12-14H,8-9H2,1-4H3;5-7,11-12,14H,8-9H2,1-4H3;4-6,9-10,12H,7-8H2,1-3H3. The second kappa shape index (κ2) is 28.0. The molecule has 13 heteroatoms. The fourth-order valence-corrected chi connectivity index (χ4v) is 22.7. The van der Waals surface area contributed by atoms with Gasteiger partial charge in [0.15, 0.2) is 11.6 Å². The lowest BCUT2D eigenvalue weighted by Gasteiger charge is -2.27. The number of anilines is 6. The normalized spacial score (nSPS) is 31.0. The molecule has 2 aromatic carbocycles. The molecular weight excluding hydrogens is 1300 g/mol. The second-order valence-electron chi connectivity index (χ2n) is 41.0. The number of para-hydroxylation sites is 1. The van der Waals surface area contributed by atoms with Crippen LogP contribution in [0.1, 0.15) is 141 Å². The minimum atomic E-state index is -0.193. The Balaban J connectivity index is 0.000000106. The van der Waals surface area contributed by atoms with Crippen molar-refractivity contribution >= 4 is 45.3 Å². The molecule has 6 saturated carbocycles.